The van der Waals surface area contributed by atoms with Crippen molar-refractivity contribution in [1.29, 1.82) is 0 Å². The Morgan fingerprint density at radius 1 is 1.04 bits per heavy atom. The zero-order valence-corrected chi connectivity index (χ0v) is 16.5. The van der Waals surface area contributed by atoms with Crippen LogP contribution < -0.4 is 4.74 Å². The number of sulfonamides is 1. The predicted octanol–water partition coefficient (Wildman–Crippen LogP) is 2.05. The van der Waals surface area contributed by atoms with Gasteiger partial charge in [0.05, 0.1) is 19.3 Å². The molecule has 2 aromatic rings. The Labute approximate surface area is 164 Å². The third kappa shape index (κ3) is 4.88. The number of benzene rings is 2. The largest absolute Gasteiger partial charge is 0.494 e. The summed E-state index contributed by atoms with van der Waals surface area (Å²) < 4.78 is 45.3. The van der Waals surface area contributed by atoms with E-state index in [1.54, 1.807) is 23.1 Å². The molecule has 0 aromatic heterocycles. The number of methoxy groups -OCH3 is 1. The molecule has 28 heavy (non-hydrogen) atoms. The summed E-state index contributed by atoms with van der Waals surface area (Å²) in [5, 5.41) is 0. The van der Waals surface area contributed by atoms with Gasteiger partial charge in [0.2, 0.25) is 15.9 Å². The molecule has 1 aliphatic heterocycles. The van der Waals surface area contributed by atoms with Gasteiger partial charge in [-0.05, 0) is 23.3 Å². The maximum atomic E-state index is 13.8. The number of halogens is 1. The minimum absolute atomic E-state index is 0.0487. The fraction of sp³-hybridized carbons (Fsp3) is 0.350. The number of hydrogen-bond acceptors (Lipinski definition) is 4. The quantitative estimate of drug-likeness (QED) is 0.737. The molecular weight excluding hydrogens is 383 g/mol. The second-order valence-electron chi connectivity index (χ2n) is 6.67. The van der Waals surface area contributed by atoms with Crippen molar-refractivity contribution in [3.05, 3.63) is 65.5 Å². The Balaban J connectivity index is 1.56. The summed E-state index contributed by atoms with van der Waals surface area (Å²) in [6.07, 6.45) is 0.0671. The molecule has 0 unspecified atom stereocenters. The van der Waals surface area contributed by atoms with Crippen LogP contribution in [-0.2, 0) is 27.0 Å². The zero-order valence-electron chi connectivity index (χ0n) is 15.7. The highest BCUT2D eigenvalue weighted by molar-refractivity contribution is 7.88. The van der Waals surface area contributed by atoms with Gasteiger partial charge in [0, 0.05) is 26.2 Å². The van der Waals surface area contributed by atoms with Crippen molar-refractivity contribution in [3.63, 3.8) is 0 Å². The second-order valence-corrected chi connectivity index (χ2v) is 8.64. The molecule has 0 saturated carbocycles. The van der Waals surface area contributed by atoms with Crippen molar-refractivity contribution in [2.45, 2.75) is 12.2 Å². The number of piperazine rings is 1. The maximum absolute atomic E-state index is 13.8. The number of amides is 1. The summed E-state index contributed by atoms with van der Waals surface area (Å²) in [7, 11) is -2.04. The van der Waals surface area contributed by atoms with E-state index in [2.05, 4.69) is 0 Å². The van der Waals surface area contributed by atoms with Gasteiger partial charge in [0.25, 0.3) is 0 Å². The van der Waals surface area contributed by atoms with Crippen LogP contribution >= 0.6 is 0 Å². The van der Waals surface area contributed by atoms with E-state index >= 15 is 0 Å². The molecule has 1 heterocycles. The van der Waals surface area contributed by atoms with Gasteiger partial charge in [-0.2, -0.15) is 4.31 Å². The number of carbonyl (C=O) groups is 1. The lowest BCUT2D eigenvalue weighted by Gasteiger charge is -2.34. The monoisotopic (exact) mass is 406 g/mol. The Kier molecular flexibility index (Phi) is 6.31. The van der Waals surface area contributed by atoms with Crippen molar-refractivity contribution in [2.75, 3.05) is 33.3 Å². The molecule has 1 fully saturated rings. The van der Waals surface area contributed by atoms with Crippen LogP contribution in [0.3, 0.4) is 0 Å². The Morgan fingerprint density at radius 2 is 1.71 bits per heavy atom. The highest BCUT2D eigenvalue weighted by Gasteiger charge is 2.29. The lowest BCUT2D eigenvalue weighted by Crippen LogP contribution is -2.51. The van der Waals surface area contributed by atoms with Crippen LogP contribution in [0.2, 0.25) is 0 Å². The molecule has 0 radical (unpaired) electrons. The molecule has 0 bridgehead atoms. The maximum Gasteiger partial charge on any atom is 0.227 e. The van der Waals surface area contributed by atoms with Gasteiger partial charge in [-0.1, -0.05) is 36.4 Å². The number of carbonyl (C=O) groups excluding carboxylic acids is 1. The van der Waals surface area contributed by atoms with Gasteiger partial charge in [-0.15, -0.1) is 0 Å². The molecule has 3 rings (SSSR count). The molecule has 0 N–H and O–H groups in total. The van der Waals surface area contributed by atoms with Crippen molar-refractivity contribution >= 4 is 15.9 Å². The molecule has 0 atom stereocenters. The first-order valence-corrected chi connectivity index (χ1v) is 10.6. The average Bonchev–Trinajstić information content (AvgIpc) is 2.69. The van der Waals surface area contributed by atoms with Crippen LogP contribution in [0.4, 0.5) is 4.39 Å². The minimum atomic E-state index is -3.43. The smallest absolute Gasteiger partial charge is 0.227 e. The van der Waals surface area contributed by atoms with Crippen molar-refractivity contribution < 1.29 is 22.3 Å². The molecule has 1 aliphatic rings. The summed E-state index contributed by atoms with van der Waals surface area (Å²) in [5.41, 5.74) is 1.30. The molecule has 0 spiro atoms. The second kappa shape index (κ2) is 8.70. The topological polar surface area (TPSA) is 66.9 Å². The van der Waals surface area contributed by atoms with Gasteiger partial charge in [0.1, 0.15) is 0 Å². The molecular formula is C20H23FN2O4S. The summed E-state index contributed by atoms with van der Waals surface area (Å²) in [6.45, 7) is 1.17. The Morgan fingerprint density at radius 3 is 2.32 bits per heavy atom. The highest BCUT2D eigenvalue weighted by atomic mass is 32.2. The molecule has 1 amide bonds. The van der Waals surface area contributed by atoms with Crippen LogP contribution in [-0.4, -0.2) is 56.8 Å². The van der Waals surface area contributed by atoms with Crippen molar-refractivity contribution in [1.82, 2.24) is 9.21 Å². The van der Waals surface area contributed by atoms with Gasteiger partial charge in [0.15, 0.2) is 11.6 Å². The highest BCUT2D eigenvalue weighted by Crippen LogP contribution is 2.19. The average molecular weight is 406 g/mol. The van der Waals surface area contributed by atoms with Crippen LogP contribution in [0, 0.1) is 5.82 Å². The zero-order chi connectivity index (χ0) is 20.1. The number of nitrogens with zero attached hydrogens (tertiary/aromatic N) is 2. The van der Waals surface area contributed by atoms with Gasteiger partial charge in [-0.3, -0.25) is 4.79 Å². The van der Waals surface area contributed by atoms with E-state index in [9.17, 15) is 17.6 Å². The number of rotatable bonds is 6. The summed E-state index contributed by atoms with van der Waals surface area (Å²) in [6, 6.07) is 13.5. The number of ether oxygens (including phenoxy) is 1. The van der Waals surface area contributed by atoms with Crippen molar-refractivity contribution in [3.8, 4) is 5.75 Å². The Hall–Kier alpha value is -2.45. The third-order valence-electron chi connectivity index (χ3n) is 4.75. The SMILES string of the molecule is COc1ccc(CC(=O)N2CCN(S(=O)(=O)Cc3ccccc3)CC2)cc1F. The first-order valence-electron chi connectivity index (χ1n) is 9.01. The number of hydrogen-bond donors (Lipinski definition) is 0. The van der Waals surface area contributed by atoms with E-state index < -0.39 is 15.8 Å². The molecule has 2 aromatic carbocycles. The fourth-order valence-corrected chi connectivity index (χ4v) is 4.71. The third-order valence-corrected chi connectivity index (χ3v) is 6.60. The lowest BCUT2D eigenvalue weighted by molar-refractivity contribution is -0.131. The van der Waals surface area contributed by atoms with Gasteiger partial charge < -0.3 is 9.64 Å². The molecule has 0 aliphatic carbocycles. The summed E-state index contributed by atoms with van der Waals surface area (Å²) in [5.74, 6) is -0.574. The van der Waals surface area contributed by atoms with Gasteiger partial charge in [-0.25, -0.2) is 12.8 Å². The normalized spacial score (nSPS) is 15.4. The van der Waals surface area contributed by atoms with E-state index in [4.69, 9.17) is 4.74 Å². The van der Waals surface area contributed by atoms with E-state index in [0.717, 1.165) is 5.56 Å². The van der Waals surface area contributed by atoms with Crippen LogP contribution in [0.5, 0.6) is 5.75 Å². The van der Waals surface area contributed by atoms with E-state index in [0.29, 0.717) is 18.7 Å². The van der Waals surface area contributed by atoms with Crippen LogP contribution in [0.25, 0.3) is 0 Å². The first-order chi connectivity index (χ1) is 13.4. The van der Waals surface area contributed by atoms with E-state index in [-0.39, 0.29) is 36.9 Å². The van der Waals surface area contributed by atoms with Gasteiger partial charge >= 0.3 is 0 Å². The Bertz CT molecular complexity index is 926. The molecule has 150 valence electrons. The van der Waals surface area contributed by atoms with Crippen LogP contribution in [0.1, 0.15) is 11.1 Å². The first kappa shape index (κ1) is 20.3. The standard InChI is InChI=1S/C20H23FN2O4S/c1-27-19-8-7-17(13-18(19)21)14-20(24)22-9-11-23(12-10-22)28(25,26)15-16-5-3-2-4-6-16/h2-8,13H,9-12,14-15H2,1H3. The molecule has 1 saturated heterocycles. The van der Waals surface area contributed by atoms with E-state index in [1.165, 1.54) is 23.5 Å². The fourth-order valence-electron chi connectivity index (χ4n) is 3.20. The molecule has 8 heteroatoms. The van der Waals surface area contributed by atoms with Crippen LogP contribution in [0.15, 0.2) is 48.5 Å². The minimum Gasteiger partial charge on any atom is -0.494 e. The molecule has 6 nitrogen and oxygen atoms in total. The van der Waals surface area contributed by atoms with Crippen molar-refractivity contribution in [2.24, 2.45) is 0 Å². The lowest BCUT2D eigenvalue weighted by atomic mass is 10.1. The predicted molar refractivity (Wildman–Crippen MR) is 104 cm³/mol. The van der Waals surface area contributed by atoms with E-state index in [1.807, 2.05) is 18.2 Å². The summed E-state index contributed by atoms with van der Waals surface area (Å²) in [4.78, 5) is 14.1. The summed E-state index contributed by atoms with van der Waals surface area (Å²) >= 11 is 0.